The number of carbonyl (C=O) groups excluding carboxylic acids is 1. The Balaban J connectivity index is 1.71. The quantitative estimate of drug-likeness (QED) is 0.773. The van der Waals surface area contributed by atoms with Gasteiger partial charge in [0, 0.05) is 35.0 Å². The highest BCUT2D eigenvalue weighted by Crippen LogP contribution is 2.26. The summed E-state index contributed by atoms with van der Waals surface area (Å²) in [5, 5.41) is -0.107. The second-order valence-electron chi connectivity index (χ2n) is 5.22. The van der Waals surface area contributed by atoms with Gasteiger partial charge in [-0.25, -0.2) is 8.42 Å². The van der Waals surface area contributed by atoms with Crippen LogP contribution in [-0.4, -0.2) is 42.5 Å². The monoisotopic (exact) mass is 414 g/mol. The molecule has 8 heteroatoms. The first-order chi connectivity index (χ1) is 10.9. The van der Waals surface area contributed by atoms with Crippen LogP contribution in [-0.2, 0) is 9.84 Å². The van der Waals surface area contributed by atoms with Crippen molar-refractivity contribution in [1.82, 2.24) is 9.88 Å². The van der Waals surface area contributed by atoms with Crippen LogP contribution in [0.25, 0.3) is 0 Å². The van der Waals surface area contributed by atoms with Crippen molar-refractivity contribution < 1.29 is 13.2 Å². The molecule has 0 spiro atoms. The largest absolute Gasteiger partial charge is 0.336 e. The van der Waals surface area contributed by atoms with Gasteiger partial charge in [0.2, 0.25) is 0 Å². The molecule has 1 aromatic heterocycles. The zero-order valence-corrected chi connectivity index (χ0v) is 15.0. The number of benzene rings is 1. The average Bonchev–Trinajstić information content (AvgIpc) is 2.45. The predicted molar refractivity (Wildman–Crippen MR) is 90.3 cm³/mol. The Kier molecular flexibility index (Phi) is 4.44. The molecule has 0 bridgehead atoms. The zero-order valence-electron chi connectivity index (χ0n) is 11.8. The summed E-state index contributed by atoms with van der Waals surface area (Å²) in [6.45, 7) is 0.354. The molecule has 120 valence electrons. The standard InChI is InChI=1S/C15H12BrClN2O3S/c16-11-5-10(6-18-7-11)15(20)19-8-14(9-19)23(21,22)13-3-1-12(17)2-4-13/h1-7,14H,8-9H2. The smallest absolute Gasteiger partial charge is 0.255 e. The number of aromatic nitrogens is 1. The van der Waals surface area contributed by atoms with Crippen molar-refractivity contribution in [2.45, 2.75) is 10.1 Å². The van der Waals surface area contributed by atoms with E-state index >= 15 is 0 Å². The summed E-state index contributed by atoms with van der Waals surface area (Å²) >= 11 is 9.04. The van der Waals surface area contributed by atoms with Crippen LogP contribution < -0.4 is 0 Å². The maximum Gasteiger partial charge on any atom is 0.255 e. The third-order valence-corrected chi connectivity index (χ3v) is 6.46. The Bertz CT molecular complexity index is 849. The van der Waals surface area contributed by atoms with Crippen LogP contribution in [0.5, 0.6) is 0 Å². The van der Waals surface area contributed by atoms with E-state index in [2.05, 4.69) is 20.9 Å². The summed E-state index contributed by atoms with van der Waals surface area (Å²) in [5.41, 5.74) is 0.432. The van der Waals surface area contributed by atoms with E-state index in [1.807, 2.05) is 0 Å². The fourth-order valence-corrected chi connectivity index (χ4v) is 4.47. The minimum Gasteiger partial charge on any atom is -0.336 e. The molecule has 2 aromatic rings. The molecular formula is C15H12BrClN2O3S. The Morgan fingerprint density at radius 1 is 1.22 bits per heavy atom. The van der Waals surface area contributed by atoms with Crippen LogP contribution in [0.2, 0.25) is 5.02 Å². The molecule has 1 aromatic carbocycles. The van der Waals surface area contributed by atoms with Crippen molar-refractivity contribution in [3.63, 3.8) is 0 Å². The van der Waals surface area contributed by atoms with E-state index in [0.29, 0.717) is 15.1 Å². The van der Waals surface area contributed by atoms with Gasteiger partial charge < -0.3 is 4.90 Å². The normalized spacial score (nSPS) is 15.3. The highest BCUT2D eigenvalue weighted by atomic mass is 79.9. The minimum absolute atomic E-state index is 0.177. The molecular weight excluding hydrogens is 404 g/mol. The van der Waals surface area contributed by atoms with Gasteiger partial charge in [-0.05, 0) is 46.3 Å². The number of hydrogen-bond donors (Lipinski definition) is 0. The molecule has 0 N–H and O–H groups in total. The van der Waals surface area contributed by atoms with Gasteiger partial charge in [0.05, 0.1) is 10.5 Å². The van der Waals surface area contributed by atoms with E-state index in [0.717, 1.165) is 0 Å². The fraction of sp³-hybridized carbons (Fsp3) is 0.200. The van der Waals surface area contributed by atoms with E-state index < -0.39 is 15.1 Å². The molecule has 0 saturated carbocycles. The number of carbonyl (C=O) groups is 1. The van der Waals surface area contributed by atoms with Gasteiger partial charge >= 0.3 is 0 Å². The molecule has 0 unspecified atom stereocenters. The van der Waals surface area contributed by atoms with Gasteiger partial charge in [0.25, 0.3) is 5.91 Å². The first-order valence-electron chi connectivity index (χ1n) is 6.77. The van der Waals surface area contributed by atoms with Crippen molar-refractivity contribution in [3.05, 3.63) is 57.8 Å². The van der Waals surface area contributed by atoms with Crippen molar-refractivity contribution in [2.75, 3.05) is 13.1 Å². The second kappa shape index (κ2) is 6.22. The highest BCUT2D eigenvalue weighted by Gasteiger charge is 2.40. The van der Waals surface area contributed by atoms with Gasteiger partial charge in [-0.1, -0.05) is 11.6 Å². The van der Waals surface area contributed by atoms with E-state index in [-0.39, 0.29) is 23.9 Å². The first-order valence-corrected chi connectivity index (χ1v) is 9.49. The van der Waals surface area contributed by atoms with Crippen molar-refractivity contribution in [2.24, 2.45) is 0 Å². The molecule has 5 nitrogen and oxygen atoms in total. The van der Waals surface area contributed by atoms with Crippen molar-refractivity contribution >= 4 is 43.3 Å². The molecule has 0 atom stereocenters. The number of nitrogens with zero attached hydrogens (tertiary/aromatic N) is 2. The van der Waals surface area contributed by atoms with Crippen LogP contribution in [0.1, 0.15) is 10.4 Å². The molecule has 1 saturated heterocycles. The molecule has 1 fully saturated rings. The summed E-state index contributed by atoms with van der Waals surface area (Å²) < 4.78 is 25.7. The van der Waals surface area contributed by atoms with Crippen LogP contribution in [0.4, 0.5) is 0 Å². The summed E-state index contributed by atoms with van der Waals surface area (Å²) in [6, 6.07) is 7.73. The van der Waals surface area contributed by atoms with Gasteiger partial charge in [-0.2, -0.15) is 0 Å². The third kappa shape index (κ3) is 3.27. The highest BCUT2D eigenvalue weighted by molar-refractivity contribution is 9.10. The number of likely N-dealkylation sites (tertiary alicyclic amines) is 1. The maximum atomic E-state index is 12.5. The number of hydrogen-bond acceptors (Lipinski definition) is 4. The number of halogens is 2. The number of rotatable bonds is 3. The van der Waals surface area contributed by atoms with Crippen molar-refractivity contribution in [1.29, 1.82) is 0 Å². The van der Waals surface area contributed by atoms with E-state index in [1.54, 1.807) is 24.4 Å². The molecule has 0 aliphatic carbocycles. The van der Waals surface area contributed by atoms with E-state index in [9.17, 15) is 13.2 Å². The van der Waals surface area contributed by atoms with Gasteiger partial charge in [0.1, 0.15) is 5.25 Å². The number of amides is 1. The lowest BCUT2D eigenvalue weighted by atomic mass is 10.1. The Morgan fingerprint density at radius 3 is 2.48 bits per heavy atom. The summed E-state index contributed by atoms with van der Waals surface area (Å²) in [5.74, 6) is -0.221. The van der Waals surface area contributed by atoms with E-state index in [4.69, 9.17) is 11.6 Å². The van der Waals surface area contributed by atoms with Gasteiger partial charge in [0.15, 0.2) is 9.84 Å². The van der Waals surface area contributed by atoms with Crippen LogP contribution in [0.3, 0.4) is 0 Å². The van der Waals surface area contributed by atoms with Gasteiger partial charge in [-0.15, -0.1) is 0 Å². The molecule has 3 rings (SSSR count). The van der Waals surface area contributed by atoms with E-state index in [1.165, 1.54) is 23.2 Å². The van der Waals surface area contributed by atoms with Crippen molar-refractivity contribution in [3.8, 4) is 0 Å². The van der Waals surface area contributed by atoms with Crippen LogP contribution in [0, 0.1) is 0 Å². The Labute approximate surface area is 147 Å². The molecule has 1 aliphatic heterocycles. The summed E-state index contributed by atoms with van der Waals surface area (Å²) in [6.07, 6.45) is 3.05. The topological polar surface area (TPSA) is 67.3 Å². The number of sulfone groups is 1. The predicted octanol–water partition coefficient (Wildman–Crippen LogP) is 2.80. The molecule has 1 amide bonds. The number of pyridine rings is 1. The third-order valence-electron chi connectivity index (χ3n) is 3.67. The molecule has 2 heterocycles. The average molecular weight is 416 g/mol. The maximum absolute atomic E-state index is 12.5. The summed E-state index contributed by atoms with van der Waals surface area (Å²) in [4.78, 5) is 18.0. The zero-order chi connectivity index (χ0) is 16.6. The SMILES string of the molecule is O=C(c1cncc(Br)c1)N1CC(S(=O)(=O)c2ccc(Cl)cc2)C1. The Hall–Kier alpha value is -1.44. The minimum atomic E-state index is -3.45. The molecule has 1 aliphatic rings. The first kappa shape index (κ1) is 16.4. The summed E-state index contributed by atoms with van der Waals surface area (Å²) in [7, 11) is -3.45. The van der Waals surface area contributed by atoms with Crippen LogP contribution in [0.15, 0.2) is 52.1 Å². The second-order valence-corrected chi connectivity index (χ2v) is 8.80. The Morgan fingerprint density at radius 2 is 1.87 bits per heavy atom. The lowest BCUT2D eigenvalue weighted by Gasteiger charge is -2.38. The lowest BCUT2D eigenvalue weighted by Crippen LogP contribution is -2.56. The van der Waals surface area contributed by atoms with Crippen LogP contribution >= 0.6 is 27.5 Å². The molecule has 0 radical (unpaired) electrons. The van der Waals surface area contributed by atoms with Gasteiger partial charge in [-0.3, -0.25) is 9.78 Å². The fourth-order valence-electron chi connectivity index (χ4n) is 2.33. The molecule has 23 heavy (non-hydrogen) atoms. The lowest BCUT2D eigenvalue weighted by molar-refractivity contribution is 0.0658.